The van der Waals surface area contributed by atoms with Crippen LogP contribution in [0.2, 0.25) is 0 Å². The van der Waals surface area contributed by atoms with Gasteiger partial charge in [-0.25, -0.2) is 9.48 Å². The Bertz CT molecular complexity index is 1960. The highest BCUT2D eigenvalue weighted by Gasteiger charge is 2.26. The van der Waals surface area contributed by atoms with Crippen LogP contribution in [-0.4, -0.2) is 48.9 Å². The number of urea groups is 1. The van der Waals surface area contributed by atoms with Crippen molar-refractivity contribution in [2.24, 2.45) is 0 Å². The number of fused-ring (bicyclic) bond motifs is 1. The molecule has 0 unspecified atom stereocenters. The number of aliphatic hydroxyl groups excluding tert-OH is 1. The second kappa shape index (κ2) is 13.4. The predicted octanol–water partition coefficient (Wildman–Crippen LogP) is 7.75. The monoisotopic (exact) mass is 653 g/mol. The van der Waals surface area contributed by atoms with Gasteiger partial charge >= 0.3 is 6.03 Å². The van der Waals surface area contributed by atoms with Gasteiger partial charge in [-0.1, -0.05) is 48.2 Å². The number of hydrogen-bond acceptors (Lipinski definition) is 8. The van der Waals surface area contributed by atoms with Crippen molar-refractivity contribution in [3.8, 4) is 17.1 Å². The predicted molar refractivity (Wildman–Crippen MR) is 184 cm³/mol. The number of pyridine rings is 1. The third-order valence-electron chi connectivity index (χ3n) is 7.75. The molecule has 0 radical (unpaired) electrons. The quantitative estimate of drug-likeness (QED) is 0.140. The maximum atomic E-state index is 13.2. The van der Waals surface area contributed by atoms with Crippen molar-refractivity contribution in [3.63, 3.8) is 0 Å². The fourth-order valence-electron chi connectivity index (χ4n) is 5.04. The molecule has 0 saturated carbocycles. The molecule has 3 N–H and O–H groups in total. The van der Waals surface area contributed by atoms with Crippen LogP contribution in [0.15, 0.2) is 101 Å². The van der Waals surface area contributed by atoms with Gasteiger partial charge in [0.2, 0.25) is 0 Å². The Hall–Kier alpha value is -4.68. The van der Waals surface area contributed by atoms with E-state index in [1.54, 1.807) is 41.4 Å². The van der Waals surface area contributed by atoms with E-state index in [4.69, 9.17) is 9.84 Å². The van der Waals surface area contributed by atoms with Crippen molar-refractivity contribution in [2.75, 3.05) is 18.7 Å². The van der Waals surface area contributed by atoms with Crippen LogP contribution in [0.3, 0.4) is 0 Å². The Balaban J connectivity index is 1.20. The number of para-hydroxylation sites is 1. The Morgan fingerprint density at radius 3 is 2.70 bits per heavy atom. The molecule has 10 nitrogen and oxygen atoms in total. The highest BCUT2D eigenvalue weighted by Crippen LogP contribution is 2.36. The van der Waals surface area contributed by atoms with Gasteiger partial charge in [0.15, 0.2) is 11.5 Å². The number of carbonyl (C=O) groups excluding carboxylic acids is 1. The zero-order valence-corrected chi connectivity index (χ0v) is 27.7. The van der Waals surface area contributed by atoms with E-state index in [-0.39, 0.29) is 10.8 Å². The highest BCUT2D eigenvalue weighted by molar-refractivity contribution is 7.99. The Labute approximate surface area is 276 Å². The van der Waals surface area contributed by atoms with Gasteiger partial charge in [-0.05, 0) is 62.4 Å². The van der Waals surface area contributed by atoms with Crippen LogP contribution in [0.25, 0.3) is 22.7 Å². The molecule has 0 atom stereocenters. The number of aliphatic hydroxyl groups is 1. The lowest BCUT2D eigenvalue weighted by atomic mass is 10.1. The summed E-state index contributed by atoms with van der Waals surface area (Å²) in [5, 5.41) is 29.7. The molecule has 1 aliphatic carbocycles. The molecule has 0 bridgehead atoms. The fraction of sp³-hybridized carbons (Fsp3) is 0.235. The first-order valence-electron chi connectivity index (χ1n) is 14.8. The average Bonchev–Trinajstić information content (AvgIpc) is 3.69. The fourth-order valence-corrected chi connectivity index (χ4v) is 6.32. The number of aromatic nitrogens is 5. The first-order valence-corrected chi connectivity index (χ1v) is 16.8. The molecular formula is C34H35N7O3S2. The van der Waals surface area contributed by atoms with Gasteiger partial charge in [0.25, 0.3) is 0 Å². The number of hydrogen-bond donors (Lipinski definition) is 3. The number of carbonyl (C=O) groups is 1. The van der Waals surface area contributed by atoms with E-state index in [0.29, 0.717) is 36.8 Å². The molecule has 1 aliphatic rings. The summed E-state index contributed by atoms with van der Waals surface area (Å²) >= 11 is 3.27. The number of ether oxygens (including phenoxy) is 1. The first-order chi connectivity index (χ1) is 22.3. The minimum absolute atomic E-state index is 0.265. The largest absolute Gasteiger partial charge is 0.512 e. The zero-order chi connectivity index (χ0) is 32.3. The second-order valence-corrected chi connectivity index (χ2v) is 13.7. The molecule has 0 fully saturated rings. The average molecular weight is 654 g/mol. The third kappa shape index (κ3) is 6.63. The molecular weight excluding hydrogens is 619 g/mol. The van der Waals surface area contributed by atoms with Gasteiger partial charge in [-0.2, -0.15) is 16.9 Å². The number of allylic oxidation sites excluding steroid dienone is 4. The summed E-state index contributed by atoms with van der Waals surface area (Å²) in [6.45, 7) is 4.49. The number of methoxy groups -OCH3 is 1. The molecule has 2 aromatic carbocycles. The van der Waals surface area contributed by atoms with E-state index < -0.39 is 0 Å². The van der Waals surface area contributed by atoms with Crippen LogP contribution in [0.1, 0.15) is 37.9 Å². The number of thioether (sulfide) groups is 1. The standard InChI is InChI=1S/C34H35N7O3S2/c1-34(2,45-4)29-19-31(41(39-29)23-11-9-12-24(42)18-23)36-33(43)35-20-22-10-5-8-15-28(22)46-25-16-17-30-37-38-32(40(30)21-25)26-13-6-7-14-27(26)44-3/h5-8,10-11,13-19,21,42H,9,12,20H2,1-4H3,(H2,35,36,43). The van der Waals surface area contributed by atoms with E-state index in [2.05, 4.69) is 34.7 Å². The number of nitrogens with one attached hydrogen (secondary N) is 2. The molecule has 3 heterocycles. The zero-order valence-electron chi connectivity index (χ0n) is 26.0. The molecule has 5 aromatic rings. The Morgan fingerprint density at radius 1 is 1.09 bits per heavy atom. The first kappa shape index (κ1) is 31.3. The maximum Gasteiger partial charge on any atom is 0.320 e. The molecule has 12 heteroatoms. The van der Waals surface area contributed by atoms with E-state index in [9.17, 15) is 9.90 Å². The summed E-state index contributed by atoms with van der Waals surface area (Å²) in [4.78, 5) is 15.2. The van der Waals surface area contributed by atoms with Crippen LogP contribution in [-0.2, 0) is 11.3 Å². The molecule has 0 aliphatic heterocycles. The minimum Gasteiger partial charge on any atom is -0.512 e. The van der Waals surface area contributed by atoms with Crippen molar-refractivity contribution in [2.45, 2.75) is 47.8 Å². The molecule has 3 aromatic heterocycles. The van der Waals surface area contributed by atoms with Crippen LogP contribution in [0.4, 0.5) is 10.6 Å². The lowest BCUT2D eigenvalue weighted by Gasteiger charge is -2.18. The summed E-state index contributed by atoms with van der Waals surface area (Å²) in [5.74, 6) is 2.24. The van der Waals surface area contributed by atoms with E-state index >= 15 is 0 Å². The van der Waals surface area contributed by atoms with E-state index in [0.717, 1.165) is 43.7 Å². The van der Waals surface area contributed by atoms with E-state index in [1.807, 2.05) is 89.7 Å². The number of rotatable bonds is 10. The van der Waals surface area contributed by atoms with Gasteiger partial charge in [0.05, 0.1) is 34.6 Å². The molecule has 46 heavy (non-hydrogen) atoms. The molecule has 6 rings (SSSR count). The Kier molecular flexibility index (Phi) is 9.09. The van der Waals surface area contributed by atoms with Gasteiger partial charge in [0, 0.05) is 41.1 Å². The summed E-state index contributed by atoms with van der Waals surface area (Å²) in [7, 11) is 1.64. The van der Waals surface area contributed by atoms with Gasteiger partial charge in [0.1, 0.15) is 11.6 Å². The van der Waals surface area contributed by atoms with Crippen molar-refractivity contribution in [1.82, 2.24) is 29.7 Å². The van der Waals surface area contributed by atoms with Crippen molar-refractivity contribution in [3.05, 3.63) is 102 Å². The second-order valence-electron chi connectivity index (χ2n) is 11.2. The van der Waals surface area contributed by atoms with Gasteiger partial charge < -0.3 is 15.2 Å². The normalized spacial score (nSPS) is 13.3. The van der Waals surface area contributed by atoms with Gasteiger partial charge in [-0.3, -0.25) is 9.72 Å². The smallest absolute Gasteiger partial charge is 0.320 e. The maximum absolute atomic E-state index is 13.2. The molecule has 236 valence electrons. The van der Waals surface area contributed by atoms with Crippen molar-refractivity contribution < 1.29 is 14.6 Å². The van der Waals surface area contributed by atoms with Crippen molar-refractivity contribution in [1.29, 1.82) is 0 Å². The van der Waals surface area contributed by atoms with Crippen LogP contribution in [0, 0.1) is 0 Å². The van der Waals surface area contributed by atoms with Crippen molar-refractivity contribution >= 4 is 46.7 Å². The number of amides is 2. The molecule has 2 amide bonds. The van der Waals surface area contributed by atoms with Crippen LogP contribution >= 0.6 is 23.5 Å². The summed E-state index contributed by atoms with van der Waals surface area (Å²) in [6.07, 6.45) is 9.04. The minimum atomic E-state index is -0.355. The number of nitrogens with zero attached hydrogens (tertiary/aromatic N) is 5. The lowest BCUT2D eigenvalue weighted by Crippen LogP contribution is -2.29. The number of anilines is 1. The lowest BCUT2D eigenvalue weighted by molar-refractivity contribution is 0.251. The molecule has 0 saturated heterocycles. The van der Waals surface area contributed by atoms with E-state index in [1.165, 1.54) is 0 Å². The third-order valence-corrected chi connectivity index (χ3v) is 10.1. The highest BCUT2D eigenvalue weighted by atomic mass is 32.2. The SMILES string of the molecule is COc1ccccc1-c1nnc2ccc(Sc3ccccc3CNC(=O)Nc3cc(C(C)(C)SC)nn3C3=CCCC(O)=C3)cn12. The van der Waals surface area contributed by atoms with Crippen LogP contribution < -0.4 is 15.4 Å². The van der Waals surface area contributed by atoms with Crippen LogP contribution in [0.5, 0.6) is 5.75 Å². The Morgan fingerprint density at radius 2 is 1.89 bits per heavy atom. The summed E-state index contributed by atoms with van der Waals surface area (Å²) in [5.41, 5.74) is 4.11. The topological polar surface area (TPSA) is 119 Å². The number of benzene rings is 2. The summed E-state index contributed by atoms with van der Waals surface area (Å²) in [6, 6.07) is 21.2. The summed E-state index contributed by atoms with van der Waals surface area (Å²) < 4.78 is 8.94. The van der Waals surface area contributed by atoms with Gasteiger partial charge in [-0.15, -0.1) is 10.2 Å². The molecule has 0 spiro atoms.